The van der Waals surface area contributed by atoms with Gasteiger partial charge in [0.1, 0.15) is 5.82 Å². The van der Waals surface area contributed by atoms with Gasteiger partial charge in [-0.3, -0.25) is 0 Å². The quantitative estimate of drug-likeness (QED) is 0.864. The largest absolute Gasteiger partial charge is 0.368 e. The van der Waals surface area contributed by atoms with Gasteiger partial charge in [0.2, 0.25) is 5.95 Å². The lowest BCUT2D eigenvalue weighted by molar-refractivity contribution is 0.624. The Labute approximate surface area is 94.3 Å². The van der Waals surface area contributed by atoms with Crippen molar-refractivity contribution < 1.29 is 4.39 Å². The topological polar surface area (TPSA) is 51.8 Å². The lowest BCUT2D eigenvalue weighted by atomic mass is 10.1. The van der Waals surface area contributed by atoms with Gasteiger partial charge >= 0.3 is 0 Å². The first-order valence-corrected chi connectivity index (χ1v) is 5.00. The van der Waals surface area contributed by atoms with E-state index in [1.807, 2.05) is 0 Å². The molecule has 0 spiro atoms. The van der Waals surface area contributed by atoms with Crippen LogP contribution in [-0.2, 0) is 0 Å². The van der Waals surface area contributed by atoms with Gasteiger partial charge < -0.3 is 5.73 Å². The van der Waals surface area contributed by atoms with E-state index in [0.717, 1.165) is 0 Å². The average molecular weight is 268 g/mol. The number of nitrogens with two attached hydrogens (primary N) is 1. The molecule has 1 heterocycles. The number of anilines is 1. The third-order valence-electron chi connectivity index (χ3n) is 1.90. The first kappa shape index (κ1) is 10.0. The van der Waals surface area contributed by atoms with Gasteiger partial charge in [0.25, 0.3) is 0 Å². The maximum absolute atomic E-state index is 13.7. The van der Waals surface area contributed by atoms with Crippen LogP contribution >= 0.6 is 15.9 Å². The average Bonchev–Trinajstić information content (AvgIpc) is 2.22. The van der Waals surface area contributed by atoms with Crippen molar-refractivity contribution in [3.8, 4) is 11.3 Å². The standard InChI is InChI=1S/C10H7BrFN3/c11-7-3-1-2-6(9(7)12)8-4-5-14-10(13)15-8/h1-5H,(H2,13,14,15). The molecule has 2 rings (SSSR count). The molecule has 0 radical (unpaired) electrons. The number of rotatable bonds is 1. The molecule has 3 nitrogen and oxygen atoms in total. The molecular weight excluding hydrogens is 261 g/mol. The van der Waals surface area contributed by atoms with Crippen molar-refractivity contribution in [3.05, 3.63) is 40.8 Å². The molecule has 2 aromatic rings. The molecule has 1 aromatic heterocycles. The Kier molecular flexibility index (Phi) is 2.64. The van der Waals surface area contributed by atoms with Crippen molar-refractivity contribution >= 4 is 21.9 Å². The third-order valence-corrected chi connectivity index (χ3v) is 2.51. The number of nitrogens with zero attached hydrogens (tertiary/aromatic N) is 2. The number of nitrogen functional groups attached to an aromatic ring is 1. The fraction of sp³-hybridized carbons (Fsp3) is 0. The monoisotopic (exact) mass is 267 g/mol. The molecule has 0 amide bonds. The van der Waals surface area contributed by atoms with Gasteiger partial charge in [0.15, 0.2) is 0 Å². The van der Waals surface area contributed by atoms with Crippen molar-refractivity contribution in [2.45, 2.75) is 0 Å². The fourth-order valence-corrected chi connectivity index (χ4v) is 1.59. The molecule has 0 aliphatic heterocycles. The van der Waals surface area contributed by atoms with E-state index in [9.17, 15) is 4.39 Å². The van der Waals surface area contributed by atoms with E-state index in [-0.39, 0.29) is 11.8 Å². The highest BCUT2D eigenvalue weighted by Gasteiger charge is 2.09. The Bertz CT molecular complexity index is 502. The van der Waals surface area contributed by atoms with E-state index in [1.54, 1.807) is 24.3 Å². The zero-order valence-electron chi connectivity index (χ0n) is 7.61. The van der Waals surface area contributed by atoms with Crippen LogP contribution in [0.4, 0.5) is 10.3 Å². The molecule has 0 bridgehead atoms. The predicted octanol–water partition coefficient (Wildman–Crippen LogP) is 2.63. The summed E-state index contributed by atoms with van der Waals surface area (Å²) in [5.74, 6) is -0.220. The third kappa shape index (κ3) is 1.97. The number of halogens is 2. The molecule has 0 fully saturated rings. The summed E-state index contributed by atoms with van der Waals surface area (Å²) in [6.07, 6.45) is 1.50. The molecule has 0 aliphatic carbocycles. The van der Waals surface area contributed by atoms with Crippen LogP contribution in [0, 0.1) is 5.82 Å². The van der Waals surface area contributed by atoms with Crippen molar-refractivity contribution in [1.82, 2.24) is 9.97 Å². The Hall–Kier alpha value is -1.49. The number of hydrogen-bond donors (Lipinski definition) is 1. The number of benzene rings is 1. The zero-order valence-corrected chi connectivity index (χ0v) is 9.20. The van der Waals surface area contributed by atoms with Crippen LogP contribution in [0.1, 0.15) is 0 Å². The molecule has 76 valence electrons. The van der Waals surface area contributed by atoms with Crippen molar-refractivity contribution in [3.63, 3.8) is 0 Å². The molecule has 2 N–H and O–H groups in total. The van der Waals surface area contributed by atoms with Gasteiger partial charge in [0, 0.05) is 11.8 Å². The second kappa shape index (κ2) is 3.94. The van der Waals surface area contributed by atoms with E-state index in [4.69, 9.17) is 5.73 Å². The van der Waals surface area contributed by atoms with Gasteiger partial charge in [-0.25, -0.2) is 14.4 Å². The van der Waals surface area contributed by atoms with E-state index in [2.05, 4.69) is 25.9 Å². The highest BCUT2D eigenvalue weighted by Crippen LogP contribution is 2.26. The van der Waals surface area contributed by atoms with Crippen LogP contribution in [-0.4, -0.2) is 9.97 Å². The van der Waals surface area contributed by atoms with E-state index in [1.165, 1.54) is 6.20 Å². The molecule has 0 aliphatic rings. The van der Waals surface area contributed by atoms with Gasteiger partial charge in [0.05, 0.1) is 10.2 Å². The Balaban J connectivity index is 2.59. The summed E-state index contributed by atoms with van der Waals surface area (Å²) in [6, 6.07) is 6.62. The van der Waals surface area contributed by atoms with E-state index in [0.29, 0.717) is 15.7 Å². The summed E-state index contributed by atoms with van der Waals surface area (Å²) in [4.78, 5) is 7.70. The smallest absolute Gasteiger partial charge is 0.220 e. The van der Waals surface area contributed by atoms with E-state index >= 15 is 0 Å². The first-order valence-electron chi connectivity index (χ1n) is 4.21. The second-order valence-corrected chi connectivity index (χ2v) is 3.76. The van der Waals surface area contributed by atoms with Crippen molar-refractivity contribution in [2.24, 2.45) is 0 Å². The molecule has 1 aromatic carbocycles. The normalized spacial score (nSPS) is 10.3. The SMILES string of the molecule is Nc1nccc(-c2cccc(Br)c2F)n1. The summed E-state index contributed by atoms with van der Waals surface area (Å²) >= 11 is 3.11. The Morgan fingerprint density at radius 3 is 2.80 bits per heavy atom. The molecular formula is C10H7BrFN3. The van der Waals surface area contributed by atoms with Crippen LogP contribution in [0.15, 0.2) is 34.9 Å². The van der Waals surface area contributed by atoms with Gasteiger partial charge in [-0.2, -0.15) is 0 Å². The summed E-state index contributed by atoms with van der Waals surface area (Å²) < 4.78 is 14.1. The lowest BCUT2D eigenvalue weighted by Gasteiger charge is -2.03. The van der Waals surface area contributed by atoms with Crippen molar-refractivity contribution in [2.75, 3.05) is 5.73 Å². The first-order chi connectivity index (χ1) is 7.18. The molecule has 15 heavy (non-hydrogen) atoms. The summed E-state index contributed by atoms with van der Waals surface area (Å²) in [6.45, 7) is 0. The van der Waals surface area contributed by atoms with Crippen molar-refractivity contribution in [1.29, 1.82) is 0 Å². The predicted molar refractivity (Wildman–Crippen MR) is 59.5 cm³/mol. The summed E-state index contributed by atoms with van der Waals surface area (Å²) in [5, 5.41) is 0. The van der Waals surface area contributed by atoms with E-state index < -0.39 is 0 Å². The molecule has 0 saturated carbocycles. The number of aromatic nitrogens is 2. The van der Waals surface area contributed by atoms with Crippen LogP contribution in [0.3, 0.4) is 0 Å². The van der Waals surface area contributed by atoms with Gasteiger partial charge in [-0.15, -0.1) is 0 Å². The second-order valence-electron chi connectivity index (χ2n) is 2.90. The maximum atomic E-state index is 13.7. The highest BCUT2D eigenvalue weighted by molar-refractivity contribution is 9.10. The minimum absolute atomic E-state index is 0.131. The van der Waals surface area contributed by atoms with Crippen LogP contribution in [0.25, 0.3) is 11.3 Å². The Morgan fingerprint density at radius 1 is 1.27 bits per heavy atom. The highest BCUT2D eigenvalue weighted by atomic mass is 79.9. The maximum Gasteiger partial charge on any atom is 0.220 e. The van der Waals surface area contributed by atoms with Gasteiger partial charge in [-0.05, 0) is 34.1 Å². The Morgan fingerprint density at radius 2 is 2.07 bits per heavy atom. The van der Waals surface area contributed by atoms with Gasteiger partial charge in [-0.1, -0.05) is 6.07 Å². The summed E-state index contributed by atoms with van der Waals surface area (Å²) in [7, 11) is 0. The summed E-state index contributed by atoms with van der Waals surface area (Å²) in [5.41, 5.74) is 6.30. The van der Waals surface area contributed by atoms with Crippen LogP contribution in [0.2, 0.25) is 0 Å². The zero-order chi connectivity index (χ0) is 10.8. The fourth-order valence-electron chi connectivity index (χ4n) is 1.23. The minimum atomic E-state index is -0.351. The minimum Gasteiger partial charge on any atom is -0.368 e. The molecule has 0 saturated heterocycles. The lowest BCUT2D eigenvalue weighted by Crippen LogP contribution is -1.96. The van der Waals surface area contributed by atoms with Crippen LogP contribution < -0.4 is 5.73 Å². The molecule has 0 atom stereocenters. The molecule has 5 heteroatoms. The number of hydrogen-bond acceptors (Lipinski definition) is 3. The molecule has 0 unspecified atom stereocenters. The van der Waals surface area contributed by atoms with Crippen LogP contribution in [0.5, 0.6) is 0 Å².